The predicted molar refractivity (Wildman–Crippen MR) is 264 cm³/mol. The summed E-state index contributed by atoms with van der Waals surface area (Å²) in [6.45, 7) is 0. The normalized spacial score (nSPS) is 14.1. The maximum absolute atomic E-state index is 6.50. The van der Waals surface area contributed by atoms with Gasteiger partial charge in [0.15, 0.2) is 0 Å². The van der Waals surface area contributed by atoms with Crippen LogP contribution in [0.4, 0.5) is 11.4 Å². The number of anilines is 2. The molecule has 304 valence electrons. The van der Waals surface area contributed by atoms with Crippen molar-refractivity contribution < 1.29 is 8.83 Å². The monoisotopic (exact) mass is 821 g/mol. The molecule has 0 amide bonds. The average Bonchev–Trinajstić information content (AvgIpc) is 3.95. The van der Waals surface area contributed by atoms with Crippen LogP contribution in [-0.4, -0.2) is 0 Å². The van der Waals surface area contributed by atoms with Crippen molar-refractivity contribution in [1.29, 1.82) is 0 Å². The van der Waals surface area contributed by atoms with Crippen LogP contribution in [0.15, 0.2) is 257 Å². The van der Waals surface area contributed by atoms with Crippen LogP contribution in [0, 0.1) is 0 Å². The molecule has 1 atom stereocenters. The van der Waals surface area contributed by atoms with Gasteiger partial charge in [0.05, 0.1) is 5.41 Å². The first-order chi connectivity index (χ1) is 31.7. The summed E-state index contributed by atoms with van der Waals surface area (Å²) in [6.07, 6.45) is 7.85. The molecule has 1 aliphatic carbocycles. The minimum Gasteiger partial charge on any atom is -0.456 e. The second kappa shape index (κ2) is 15.6. The maximum Gasteiger partial charge on any atom is 0.143 e. The van der Waals surface area contributed by atoms with Gasteiger partial charge < -0.3 is 13.7 Å². The van der Waals surface area contributed by atoms with Crippen molar-refractivity contribution >= 4 is 55.3 Å². The first-order valence-corrected chi connectivity index (χ1v) is 22.1. The SMILES string of the molecule is C1=CC(c2cccc3c2oc2ccccc23)CC=C1N(c1ccc(-c2cccc3c2oc2ccccc23)cc1)c1ccc(C(c2ccccc2)(c2ccccc2)c2ccccc2)cc1. The van der Waals surface area contributed by atoms with E-state index in [-0.39, 0.29) is 5.92 Å². The molecule has 0 spiro atoms. The Balaban J connectivity index is 0.970. The zero-order valence-corrected chi connectivity index (χ0v) is 35.1. The smallest absolute Gasteiger partial charge is 0.143 e. The molecule has 1 unspecified atom stereocenters. The minimum absolute atomic E-state index is 0.173. The van der Waals surface area contributed by atoms with E-state index in [0.717, 1.165) is 78.5 Å². The lowest BCUT2D eigenvalue weighted by Gasteiger charge is -2.37. The molecule has 0 radical (unpaired) electrons. The van der Waals surface area contributed by atoms with Gasteiger partial charge in [0.25, 0.3) is 0 Å². The lowest BCUT2D eigenvalue weighted by Crippen LogP contribution is -2.31. The third-order valence-electron chi connectivity index (χ3n) is 13.2. The second-order valence-corrected chi connectivity index (χ2v) is 16.7. The van der Waals surface area contributed by atoms with Crippen LogP contribution in [0.25, 0.3) is 55.0 Å². The average molecular weight is 822 g/mol. The van der Waals surface area contributed by atoms with E-state index in [1.54, 1.807) is 0 Å². The summed E-state index contributed by atoms with van der Waals surface area (Å²) in [6, 6.07) is 80.5. The molecule has 2 aromatic heterocycles. The van der Waals surface area contributed by atoms with Gasteiger partial charge in [0.1, 0.15) is 22.3 Å². The summed E-state index contributed by atoms with van der Waals surface area (Å²) >= 11 is 0. The van der Waals surface area contributed by atoms with Gasteiger partial charge in [-0.2, -0.15) is 0 Å². The molecule has 3 nitrogen and oxygen atoms in total. The van der Waals surface area contributed by atoms with Crippen molar-refractivity contribution in [1.82, 2.24) is 0 Å². The van der Waals surface area contributed by atoms with Crippen molar-refractivity contribution in [2.24, 2.45) is 0 Å². The van der Waals surface area contributed by atoms with Gasteiger partial charge in [-0.15, -0.1) is 0 Å². The summed E-state index contributed by atoms with van der Waals surface area (Å²) in [5, 5.41) is 4.57. The molecule has 3 heteroatoms. The van der Waals surface area contributed by atoms with E-state index in [0.29, 0.717) is 0 Å². The van der Waals surface area contributed by atoms with E-state index in [9.17, 15) is 0 Å². The van der Waals surface area contributed by atoms with Gasteiger partial charge >= 0.3 is 0 Å². The summed E-state index contributed by atoms with van der Waals surface area (Å²) in [5.41, 5.74) is 14.7. The third-order valence-corrected chi connectivity index (χ3v) is 13.2. The number of furan rings is 2. The van der Waals surface area contributed by atoms with Gasteiger partial charge in [0, 0.05) is 55.7 Å². The number of benzene rings is 9. The van der Waals surface area contributed by atoms with E-state index >= 15 is 0 Å². The van der Waals surface area contributed by atoms with Crippen LogP contribution in [-0.2, 0) is 5.41 Å². The Morgan fingerprint density at radius 3 is 1.44 bits per heavy atom. The largest absolute Gasteiger partial charge is 0.456 e. The Kier molecular flexibility index (Phi) is 9.19. The number of rotatable bonds is 9. The van der Waals surface area contributed by atoms with Crippen LogP contribution in [0.3, 0.4) is 0 Å². The van der Waals surface area contributed by atoms with Gasteiger partial charge in [-0.05, 0) is 76.7 Å². The zero-order chi connectivity index (χ0) is 42.5. The lowest BCUT2D eigenvalue weighted by atomic mass is 9.65. The molecule has 0 bridgehead atoms. The summed E-state index contributed by atoms with van der Waals surface area (Å²) in [5.74, 6) is 0.173. The molecule has 0 saturated heterocycles. The molecule has 0 saturated carbocycles. The fraction of sp³-hybridized carbons (Fsp3) is 0.0492. The highest BCUT2D eigenvalue weighted by molar-refractivity contribution is 6.09. The van der Waals surface area contributed by atoms with Gasteiger partial charge in [-0.25, -0.2) is 0 Å². The standard InChI is InChI=1S/C61H43NO2/c1-4-16-44(17-5-1)61(45-18-6-2-7-19-45,46-20-8-3-9-21-46)47-34-40-50(41-35-47)62(48-36-30-42(31-37-48)51-24-14-26-55-53-22-10-12-28-57(53)63-59(51)55)49-38-32-43(33-39-49)52-25-15-27-56-54-23-11-13-29-58(54)64-60(52)56/h1-32,34-41,43H,33H2. The minimum atomic E-state index is -0.540. The third kappa shape index (κ3) is 6.20. The molecule has 0 aliphatic heterocycles. The van der Waals surface area contributed by atoms with Crippen LogP contribution in [0.1, 0.15) is 40.2 Å². The van der Waals surface area contributed by atoms with Gasteiger partial charge in [0.2, 0.25) is 0 Å². The molecule has 1 aliphatic rings. The molecule has 11 aromatic rings. The Hall–Kier alpha value is -8.14. The van der Waals surface area contributed by atoms with Crippen molar-refractivity contribution in [3.8, 4) is 11.1 Å². The fourth-order valence-electron chi connectivity index (χ4n) is 10.2. The summed E-state index contributed by atoms with van der Waals surface area (Å²) in [4.78, 5) is 2.39. The Morgan fingerprint density at radius 2 is 0.875 bits per heavy atom. The highest BCUT2D eigenvalue weighted by Crippen LogP contribution is 2.47. The lowest BCUT2D eigenvalue weighted by molar-refractivity contribution is 0.657. The molecule has 64 heavy (non-hydrogen) atoms. The number of hydrogen-bond acceptors (Lipinski definition) is 3. The van der Waals surface area contributed by atoms with Crippen molar-refractivity contribution in [3.63, 3.8) is 0 Å². The number of allylic oxidation sites excluding steroid dienone is 3. The highest BCUT2D eigenvalue weighted by Gasteiger charge is 2.38. The summed E-state index contributed by atoms with van der Waals surface area (Å²) < 4.78 is 13.0. The first-order valence-electron chi connectivity index (χ1n) is 22.1. The van der Waals surface area contributed by atoms with E-state index in [1.807, 2.05) is 18.2 Å². The van der Waals surface area contributed by atoms with E-state index in [2.05, 4.69) is 229 Å². The van der Waals surface area contributed by atoms with Crippen LogP contribution in [0.2, 0.25) is 0 Å². The Labute approximate surface area is 372 Å². The van der Waals surface area contributed by atoms with Crippen LogP contribution < -0.4 is 4.90 Å². The molecule has 12 rings (SSSR count). The van der Waals surface area contributed by atoms with Crippen LogP contribution >= 0.6 is 0 Å². The second-order valence-electron chi connectivity index (χ2n) is 16.7. The Bertz CT molecular complexity index is 3410. The Morgan fingerprint density at radius 1 is 0.406 bits per heavy atom. The quantitative estimate of drug-likeness (QED) is 0.136. The van der Waals surface area contributed by atoms with Crippen LogP contribution in [0.5, 0.6) is 0 Å². The molecule has 0 N–H and O–H groups in total. The van der Waals surface area contributed by atoms with E-state index in [4.69, 9.17) is 8.83 Å². The number of para-hydroxylation sites is 4. The molecular weight excluding hydrogens is 779 g/mol. The number of hydrogen-bond donors (Lipinski definition) is 0. The maximum atomic E-state index is 6.50. The molecule has 0 fully saturated rings. The molecule has 2 heterocycles. The zero-order valence-electron chi connectivity index (χ0n) is 35.1. The topological polar surface area (TPSA) is 29.5 Å². The van der Waals surface area contributed by atoms with Crippen molar-refractivity contribution in [2.45, 2.75) is 17.8 Å². The first kappa shape index (κ1) is 37.6. The predicted octanol–water partition coefficient (Wildman–Crippen LogP) is 16.3. The van der Waals surface area contributed by atoms with Gasteiger partial charge in [-0.1, -0.05) is 200 Å². The van der Waals surface area contributed by atoms with Crippen molar-refractivity contribution in [3.05, 3.63) is 276 Å². The summed E-state index contributed by atoms with van der Waals surface area (Å²) in [7, 11) is 0. The van der Waals surface area contributed by atoms with Gasteiger partial charge in [-0.3, -0.25) is 0 Å². The highest BCUT2D eigenvalue weighted by atomic mass is 16.3. The molecule has 9 aromatic carbocycles. The van der Waals surface area contributed by atoms with E-state index in [1.165, 1.54) is 27.8 Å². The fourth-order valence-corrected chi connectivity index (χ4v) is 10.2. The van der Waals surface area contributed by atoms with E-state index < -0.39 is 5.41 Å². The van der Waals surface area contributed by atoms with Crippen molar-refractivity contribution in [2.75, 3.05) is 4.90 Å². The molecular formula is C61H43NO2. The number of nitrogens with zero attached hydrogens (tertiary/aromatic N) is 1. The number of fused-ring (bicyclic) bond motifs is 6.